The zero-order valence-corrected chi connectivity index (χ0v) is 14.4. The van der Waals surface area contributed by atoms with Gasteiger partial charge in [-0.05, 0) is 32.0 Å². The molecule has 7 nitrogen and oxygen atoms in total. The summed E-state index contributed by atoms with van der Waals surface area (Å²) in [6, 6.07) is 6.79. The number of aromatic hydroxyl groups is 3. The summed E-state index contributed by atoms with van der Waals surface area (Å²) in [6.07, 6.45) is -0.333. The van der Waals surface area contributed by atoms with E-state index in [4.69, 9.17) is 13.9 Å². The van der Waals surface area contributed by atoms with E-state index in [2.05, 4.69) is 0 Å². The number of hydrogen-bond acceptors (Lipinski definition) is 7. The lowest BCUT2D eigenvalue weighted by Crippen LogP contribution is -2.15. The average molecular weight is 358 g/mol. The van der Waals surface area contributed by atoms with Gasteiger partial charge in [0.15, 0.2) is 17.3 Å². The summed E-state index contributed by atoms with van der Waals surface area (Å²) >= 11 is 0. The highest BCUT2D eigenvalue weighted by molar-refractivity contribution is 5.88. The first kappa shape index (κ1) is 17.5. The van der Waals surface area contributed by atoms with Crippen LogP contribution in [0.25, 0.3) is 22.3 Å². The second-order valence-corrected chi connectivity index (χ2v) is 5.98. The molecular formula is C19H18O7. The van der Waals surface area contributed by atoms with Gasteiger partial charge in [0.25, 0.3) is 0 Å². The van der Waals surface area contributed by atoms with E-state index in [1.54, 1.807) is 13.8 Å². The molecule has 0 aliphatic rings. The van der Waals surface area contributed by atoms with Crippen LogP contribution < -0.4 is 14.9 Å². The average Bonchev–Trinajstić information content (AvgIpc) is 2.58. The van der Waals surface area contributed by atoms with Crippen molar-refractivity contribution >= 4 is 11.0 Å². The molecule has 7 heteroatoms. The molecule has 1 heterocycles. The fourth-order valence-corrected chi connectivity index (χ4v) is 2.57. The van der Waals surface area contributed by atoms with Crippen molar-refractivity contribution in [1.82, 2.24) is 0 Å². The summed E-state index contributed by atoms with van der Waals surface area (Å²) in [7, 11) is 1.42. The number of phenols is 3. The van der Waals surface area contributed by atoms with Crippen LogP contribution >= 0.6 is 0 Å². The standard InChI is InChI=1S/C19H18O7/c1-9(2)25-19-17(23)16-14(22)7-11(24-3)8-15(16)26-18(19)10-4-5-12(20)13(21)6-10/h4-9,20-22H,1-3H3. The first-order chi connectivity index (χ1) is 12.3. The van der Waals surface area contributed by atoms with Crippen LogP contribution in [-0.4, -0.2) is 28.5 Å². The number of benzene rings is 2. The summed E-state index contributed by atoms with van der Waals surface area (Å²) in [5.74, 6) is -0.675. The molecule has 0 radical (unpaired) electrons. The molecule has 2 aromatic carbocycles. The summed E-state index contributed by atoms with van der Waals surface area (Å²) in [5, 5.41) is 29.4. The zero-order chi connectivity index (χ0) is 19.0. The van der Waals surface area contributed by atoms with Crippen molar-refractivity contribution in [2.45, 2.75) is 20.0 Å². The molecule has 0 aliphatic heterocycles. The van der Waals surface area contributed by atoms with E-state index >= 15 is 0 Å². The molecule has 26 heavy (non-hydrogen) atoms. The Labute approximate surface area is 148 Å². The molecule has 0 atom stereocenters. The van der Waals surface area contributed by atoms with Gasteiger partial charge in [-0.3, -0.25) is 4.79 Å². The van der Waals surface area contributed by atoms with Crippen molar-refractivity contribution < 1.29 is 29.2 Å². The van der Waals surface area contributed by atoms with Gasteiger partial charge in [-0.2, -0.15) is 0 Å². The quantitative estimate of drug-likeness (QED) is 0.613. The van der Waals surface area contributed by atoms with Crippen molar-refractivity contribution in [1.29, 1.82) is 0 Å². The molecule has 1 aromatic heterocycles. The summed E-state index contributed by atoms with van der Waals surface area (Å²) < 4.78 is 16.5. The van der Waals surface area contributed by atoms with Crippen molar-refractivity contribution in [3.8, 4) is 40.1 Å². The van der Waals surface area contributed by atoms with Gasteiger partial charge in [-0.1, -0.05) is 0 Å². The Morgan fingerprint density at radius 1 is 1.00 bits per heavy atom. The van der Waals surface area contributed by atoms with E-state index in [-0.39, 0.29) is 45.8 Å². The maximum absolute atomic E-state index is 12.9. The van der Waals surface area contributed by atoms with Gasteiger partial charge >= 0.3 is 0 Å². The van der Waals surface area contributed by atoms with E-state index in [0.29, 0.717) is 11.3 Å². The normalized spacial score (nSPS) is 11.1. The van der Waals surface area contributed by atoms with Crippen LogP contribution in [0.4, 0.5) is 0 Å². The fraction of sp³-hybridized carbons (Fsp3) is 0.211. The van der Waals surface area contributed by atoms with Crippen LogP contribution in [0.15, 0.2) is 39.5 Å². The Bertz CT molecular complexity index is 1030. The minimum absolute atomic E-state index is 0.0341. The lowest BCUT2D eigenvalue weighted by atomic mass is 10.1. The lowest BCUT2D eigenvalue weighted by Gasteiger charge is -2.15. The Hall–Kier alpha value is -3.35. The molecule has 0 amide bonds. The molecular weight excluding hydrogens is 340 g/mol. The predicted octanol–water partition coefficient (Wildman–Crippen LogP) is 3.37. The third kappa shape index (κ3) is 2.99. The maximum Gasteiger partial charge on any atom is 0.239 e. The molecule has 0 bridgehead atoms. The van der Waals surface area contributed by atoms with E-state index in [0.717, 1.165) is 0 Å². The van der Waals surface area contributed by atoms with Crippen molar-refractivity contribution in [3.63, 3.8) is 0 Å². The van der Waals surface area contributed by atoms with E-state index in [1.165, 1.54) is 37.4 Å². The number of phenolic OH excluding ortho intramolecular Hbond substituents is 3. The van der Waals surface area contributed by atoms with Gasteiger partial charge in [0, 0.05) is 17.7 Å². The van der Waals surface area contributed by atoms with Gasteiger partial charge in [0.1, 0.15) is 22.5 Å². The van der Waals surface area contributed by atoms with Crippen LogP contribution in [0.2, 0.25) is 0 Å². The highest BCUT2D eigenvalue weighted by Gasteiger charge is 2.22. The first-order valence-corrected chi connectivity index (χ1v) is 7.88. The molecule has 3 N–H and O–H groups in total. The summed E-state index contributed by atoms with van der Waals surface area (Å²) in [6.45, 7) is 3.49. The number of ether oxygens (including phenoxy) is 2. The van der Waals surface area contributed by atoms with Gasteiger partial charge < -0.3 is 29.2 Å². The van der Waals surface area contributed by atoms with Gasteiger partial charge in [0.2, 0.25) is 11.2 Å². The van der Waals surface area contributed by atoms with Gasteiger partial charge in [-0.25, -0.2) is 0 Å². The van der Waals surface area contributed by atoms with Gasteiger partial charge in [0.05, 0.1) is 13.2 Å². The smallest absolute Gasteiger partial charge is 0.239 e. The van der Waals surface area contributed by atoms with Crippen LogP contribution in [0.5, 0.6) is 28.7 Å². The topological polar surface area (TPSA) is 109 Å². The third-order valence-electron chi connectivity index (χ3n) is 3.73. The monoisotopic (exact) mass is 358 g/mol. The highest BCUT2D eigenvalue weighted by atomic mass is 16.5. The largest absolute Gasteiger partial charge is 0.507 e. The second-order valence-electron chi connectivity index (χ2n) is 5.98. The number of methoxy groups -OCH3 is 1. The van der Waals surface area contributed by atoms with Crippen LogP contribution in [0, 0.1) is 0 Å². The number of fused-ring (bicyclic) bond motifs is 1. The fourth-order valence-electron chi connectivity index (χ4n) is 2.57. The van der Waals surface area contributed by atoms with Gasteiger partial charge in [-0.15, -0.1) is 0 Å². The molecule has 0 unspecified atom stereocenters. The van der Waals surface area contributed by atoms with Crippen LogP contribution in [-0.2, 0) is 0 Å². The molecule has 0 saturated heterocycles. The Morgan fingerprint density at radius 3 is 2.35 bits per heavy atom. The predicted molar refractivity (Wildman–Crippen MR) is 95.2 cm³/mol. The second kappa shape index (κ2) is 6.51. The minimum atomic E-state index is -0.553. The summed E-state index contributed by atoms with van der Waals surface area (Å²) in [4.78, 5) is 12.9. The Balaban J connectivity index is 2.38. The molecule has 3 rings (SSSR count). The van der Waals surface area contributed by atoms with E-state index in [1.807, 2.05) is 0 Å². The lowest BCUT2D eigenvalue weighted by molar-refractivity contribution is 0.236. The van der Waals surface area contributed by atoms with E-state index in [9.17, 15) is 20.1 Å². The molecule has 0 aliphatic carbocycles. The molecule has 3 aromatic rings. The summed E-state index contributed by atoms with van der Waals surface area (Å²) in [5.41, 5.74) is -0.120. The minimum Gasteiger partial charge on any atom is -0.507 e. The molecule has 0 spiro atoms. The Morgan fingerprint density at radius 2 is 1.73 bits per heavy atom. The maximum atomic E-state index is 12.9. The molecule has 136 valence electrons. The SMILES string of the molecule is COc1cc(O)c2c(=O)c(OC(C)C)c(-c3ccc(O)c(O)c3)oc2c1. The zero-order valence-electron chi connectivity index (χ0n) is 14.4. The van der Waals surface area contributed by atoms with Crippen molar-refractivity contribution in [3.05, 3.63) is 40.6 Å². The van der Waals surface area contributed by atoms with Crippen LogP contribution in [0.3, 0.4) is 0 Å². The molecule has 0 fully saturated rings. The number of rotatable bonds is 4. The van der Waals surface area contributed by atoms with Crippen molar-refractivity contribution in [2.75, 3.05) is 7.11 Å². The van der Waals surface area contributed by atoms with Crippen molar-refractivity contribution in [2.24, 2.45) is 0 Å². The molecule has 0 saturated carbocycles. The Kier molecular flexibility index (Phi) is 4.38. The number of hydrogen-bond donors (Lipinski definition) is 3. The van der Waals surface area contributed by atoms with E-state index < -0.39 is 5.43 Å². The third-order valence-corrected chi connectivity index (χ3v) is 3.73. The highest BCUT2D eigenvalue weighted by Crippen LogP contribution is 2.38. The van der Waals surface area contributed by atoms with Crippen LogP contribution in [0.1, 0.15) is 13.8 Å². The first-order valence-electron chi connectivity index (χ1n) is 7.88.